The fourth-order valence-electron chi connectivity index (χ4n) is 2.27. The molecule has 1 heterocycles. The summed E-state index contributed by atoms with van der Waals surface area (Å²) >= 11 is 5.78. The van der Waals surface area contributed by atoms with Crippen LogP contribution in [0.3, 0.4) is 0 Å². The van der Waals surface area contributed by atoms with Crippen molar-refractivity contribution in [3.63, 3.8) is 0 Å². The number of hydrogen-bond donors (Lipinski definition) is 1. The zero-order valence-corrected chi connectivity index (χ0v) is 9.85. The van der Waals surface area contributed by atoms with Crippen LogP contribution in [0.4, 0.5) is 0 Å². The molecule has 3 rings (SSSR count). The van der Waals surface area contributed by atoms with Gasteiger partial charge in [0.25, 0.3) is 11.8 Å². The minimum atomic E-state index is -0.977. The van der Waals surface area contributed by atoms with E-state index in [4.69, 9.17) is 16.7 Å². The van der Waals surface area contributed by atoms with Crippen LogP contribution in [0.1, 0.15) is 27.1 Å². The van der Waals surface area contributed by atoms with Crippen LogP contribution in [0, 0.1) is 5.92 Å². The second kappa shape index (κ2) is 3.55. The fourth-order valence-corrected chi connectivity index (χ4v) is 2.44. The molecular formula is C12H8ClNO4. The summed E-state index contributed by atoms with van der Waals surface area (Å²) in [5.74, 6) is -2.50. The lowest BCUT2D eigenvalue weighted by Crippen LogP contribution is -2.33. The maximum Gasteiger partial charge on any atom is 0.308 e. The molecule has 0 spiro atoms. The van der Waals surface area contributed by atoms with E-state index < -0.39 is 29.7 Å². The van der Waals surface area contributed by atoms with Crippen LogP contribution < -0.4 is 0 Å². The van der Waals surface area contributed by atoms with E-state index in [-0.39, 0.29) is 5.56 Å². The summed E-state index contributed by atoms with van der Waals surface area (Å²) in [5.41, 5.74) is 0.545. The maximum absolute atomic E-state index is 12.1. The lowest BCUT2D eigenvalue weighted by atomic mass is 10.1. The zero-order chi connectivity index (χ0) is 13.0. The van der Waals surface area contributed by atoms with E-state index in [2.05, 4.69) is 0 Å². The SMILES string of the molecule is O=C(O)C1CC1N1C(=O)c2ccc(Cl)cc2C1=O. The van der Waals surface area contributed by atoms with Crippen LogP contribution in [0.15, 0.2) is 18.2 Å². The van der Waals surface area contributed by atoms with Gasteiger partial charge in [0.15, 0.2) is 0 Å². The summed E-state index contributed by atoms with van der Waals surface area (Å²) in [6, 6.07) is 3.95. The number of nitrogens with zero attached hydrogens (tertiary/aromatic N) is 1. The molecule has 0 aromatic heterocycles. The Labute approximate surface area is 107 Å². The number of amides is 2. The molecule has 2 amide bonds. The molecule has 1 saturated carbocycles. The monoisotopic (exact) mass is 265 g/mol. The summed E-state index contributed by atoms with van der Waals surface area (Å²) < 4.78 is 0. The van der Waals surface area contributed by atoms with E-state index in [0.29, 0.717) is 17.0 Å². The lowest BCUT2D eigenvalue weighted by Gasteiger charge is -2.12. The Balaban J connectivity index is 1.96. The van der Waals surface area contributed by atoms with Gasteiger partial charge in [0.2, 0.25) is 0 Å². The first-order valence-electron chi connectivity index (χ1n) is 5.41. The van der Waals surface area contributed by atoms with Crippen molar-refractivity contribution in [3.05, 3.63) is 34.3 Å². The minimum absolute atomic E-state index is 0.253. The number of carbonyl (C=O) groups is 3. The molecular weight excluding hydrogens is 258 g/mol. The van der Waals surface area contributed by atoms with Gasteiger partial charge >= 0.3 is 5.97 Å². The Bertz CT molecular complexity index is 598. The summed E-state index contributed by atoms with van der Waals surface area (Å²) in [6.07, 6.45) is 0.328. The van der Waals surface area contributed by atoms with E-state index in [1.165, 1.54) is 18.2 Å². The first kappa shape index (κ1) is 11.2. The Kier molecular flexibility index (Phi) is 2.22. The van der Waals surface area contributed by atoms with Gasteiger partial charge in [-0.15, -0.1) is 0 Å². The van der Waals surface area contributed by atoms with Crippen molar-refractivity contribution in [3.8, 4) is 0 Å². The van der Waals surface area contributed by atoms with Crippen molar-refractivity contribution in [2.75, 3.05) is 0 Å². The van der Waals surface area contributed by atoms with Crippen LogP contribution in [0.5, 0.6) is 0 Å². The van der Waals surface area contributed by atoms with Crippen LogP contribution in [-0.2, 0) is 4.79 Å². The number of benzene rings is 1. The van der Waals surface area contributed by atoms with Crippen molar-refractivity contribution in [1.29, 1.82) is 0 Å². The quantitative estimate of drug-likeness (QED) is 0.821. The summed E-state index contributed by atoms with van der Waals surface area (Å²) in [4.78, 5) is 35.9. The maximum atomic E-state index is 12.1. The molecule has 1 aromatic rings. The van der Waals surface area contributed by atoms with E-state index in [0.717, 1.165) is 4.90 Å². The number of carboxylic acid groups (broad SMARTS) is 1. The molecule has 1 aliphatic heterocycles. The first-order valence-corrected chi connectivity index (χ1v) is 5.78. The van der Waals surface area contributed by atoms with Gasteiger partial charge in [-0.1, -0.05) is 11.6 Å². The Hall–Kier alpha value is -1.88. The van der Waals surface area contributed by atoms with Crippen LogP contribution >= 0.6 is 11.6 Å². The minimum Gasteiger partial charge on any atom is -0.481 e. The van der Waals surface area contributed by atoms with Crippen molar-refractivity contribution < 1.29 is 19.5 Å². The second-order valence-electron chi connectivity index (χ2n) is 4.42. The Morgan fingerprint density at radius 2 is 1.94 bits per heavy atom. The predicted octanol–water partition coefficient (Wildman–Crippen LogP) is 1.41. The Morgan fingerprint density at radius 3 is 2.56 bits per heavy atom. The summed E-state index contributed by atoms with van der Waals surface area (Å²) in [5, 5.41) is 9.22. The molecule has 2 atom stereocenters. The highest BCUT2D eigenvalue weighted by molar-refractivity contribution is 6.32. The second-order valence-corrected chi connectivity index (χ2v) is 4.85. The van der Waals surface area contributed by atoms with Gasteiger partial charge in [0, 0.05) is 5.02 Å². The molecule has 0 saturated heterocycles. The van der Waals surface area contributed by atoms with E-state index >= 15 is 0 Å². The number of hydrogen-bond acceptors (Lipinski definition) is 3. The molecule has 2 aliphatic rings. The molecule has 1 fully saturated rings. The van der Waals surface area contributed by atoms with Gasteiger partial charge in [-0.25, -0.2) is 0 Å². The number of carbonyl (C=O) groups excluding carboxylic acids is 2. The molecule has 0 bridgehead atoms. The Morgan fingerprint density at radius 1 is 1.28 bits per heavy atom. The lowest BCUT2D eigenvalue weighted by molar-refractivity contribution is -0.138. The molecule has 2 unspecified atom stereocenters. The number of rotatable bonds is 2. The number of carboxylic acids is 1. The van der Waals surface area contributed by atoms with Crippen molar-refractivity contribution in [1.82, 2.24) is 4.90 Å². The van der Waals surface area contributed by atoms with Crippen molar-refractivity contribution in [2.24, 2.45) is 5.92 Å². The predicted molar refractivity (Wildman–Crippen MR) is 61.5 cm³/mol. The van der Waals surface area contributed by atoms with Crippen LogP contribution in [0.2, 0.25) is 5.02 Å². The molecule has 6 heteroatoms. The van der Waals surface area contributed by atoms with Gasteiger partial charge in [0.05, 0.1) is 23.1 Å². The number of fused-ring (bicyclic) bond motifs is 1. The summed E-state index contributed by atoms with van der Waals surface area (Å²) in [6.45, 7) is 0. The number of imide groups is 1. The average Bonchev–Trinajstić information content (AvgIpc) is 3.04. The normalized spacial score (nSPS) is 25.3. The third kappa shape index (κ3) is 1.44. The molecule has 5 nitrogen and oxygen atoms in total. The highest BCUT2D eigenvalue weighted by Gasteiger charge is 2.54. The third-order valence-electron chi connectivity index (χ3n) is 3.29. The zero-order valence-electron chi connectivity index (χ0n) is 9.09. The topological polar surface area (TPSA) is 74.7 Å². The number of aliphatic carboxylic acids is 1. The van der Waals surface area contributed by atoms with E-state index in [1.54, 1.807) is 0 Å². The molecule has 92 valence electrons. The smallest absolute Gasteiger partial charge is 0.308 e. The molecule has 1 aromatic carbocycles. The largest absolute Gasteiger partial charge is 0.481 e. The highest BCUT2D eigenvalue weighted by Crippen LogP contribution is 2.40. The van der Waals surface area contributed by atoms with Crippen molar-refractivity contribution in [2.45, 2.75) is 12.5 Å². The highest BCUT2D eigenvalue weighted by atomic mass is 35.5. The average molecular weight is 266 g/mol. The van der Waals surface area contributed by atoms with Gasteiger partial charge < -0.3 is 5.11 Å². The van der Waals surface area contributed by atoms with E-state index in [9.17, 15) is 14.4 Å². The first-order chi connectivity index (χ1) is 8.50. The summed E-state index contributed by atoms with van der Waals surface area (Å²) in [7, 11) is 0. The molecule has 18 heavy (non-hydrogen) atoms. The van der Waals surface area contributed by atoms with Gasteiger partial charge in [-0.2, -0.15) is 0 Å². The number of halogens is 1. The van der Waals surface area contributed by atoms with Gasteiger partial charge in [0.1, 0.15) is 0 Å². The van der Waals surface area contributed by atoms with Gasteiger partial charge in [-0.3, -0.25) is 19.3 Å². The van der Waals surface area contributed by atoms with Crippen LogP contribution in [0.25, 0.3) is 0 Å². The molecule has 0 radical (unpaired) electrons. The molecule has 1 aliphatic carbocycles. The van der Waals surface area contributed by atoms with Crippen molar-refractivity contribution >= 4 is 29.4 Å². The van der Waals surface area contributed by atoms with E-state index in [1.807, 2.05) is 0 Å². The standard InChI is InChI=1S/C12H8ClNO4/c13-5-1-2-6-7(3-5)11(16)14(10(6)15)9-4-8(9)12(17)18/h1-3,8-9H,4H2,(H,17,18). The van der Waals surface area contributed by atoms with Crippen LogP contribution in [-0.4, -0.2) is 33.8 Å². The third-order valence-corrected chi connectivity index (χ3v) is 3.52. The molecule has 1 N–H and O–H groups in total. The fraction of sp³-hybridized carbons (Fsp3) is 0.250. The van der Waals surface area contributed by atoms with Gasteiger partial charge in [-0.05, 0) is 24.6 Å².